The SMILES string of the molecule is NC1C=CC(C(=O)N[C@@H]2CCCC[C@H]2O)C1. The van der Waals surface area contributed by atoms with E-state index in [-0.39, 0.29) is 30.0 Å². The highest BCUT2D eigenvalue weighted by Gasteiger charge is 2.28. The van der Waals surface area contributed by atoms with E-state index in [2.05, 4.69) is 5.32 Å². The number of hydrogen-bond acceptors (Lipinski definition) is 3. The Morgan fingerprint density at radius 1 is 1.31 bits per heavy atom. The third kappa shape index (κ3) is 2.62. The molecule has 0 aromatic heterocycles. The van der Waals surface area contributed by atoms with Crippen LogP contribution in [-0.2, 0) is 4.79 Å². The molecular weight excluding hydrogens is 204 g/mol. The average molecular weight is 224 g/mol. The normalized spacial score (nSPS) is 38.6. The van der Waals surface area contributed by atoms with Gasteiger partial charge in [-0.2, -0.15) is 0 Å². The number of carbonyl (C=O) groups is 1. The van der Waals surface area contributed by atoms with E-state index in [0.717, 1.165) is 25.7 Å². The Bertz CT molecular complexity index is 291. The Morgan fingerprint density at radius 3 is 2.69 bits per heavy atom. The van der Waals surface area contributed by atoms with Crippen LogP contribution in [0.2, 0.25) is 0 Å². The smallest absolute Gasteiger partial charge is 0.227 e. The van der Waals surface area contributed by atoms with Crippen molar-refractivity contribution in [1.29, 1.82) is 0 Å². The van der Waals surface area contributed by atoms with Gasteiger partial charge in [-0.1, -0.05) is 25.0 Å². The molecule has 2 rings (SSSR count). The van der Waals surface area contributed by atoms with Crippen molar-refractivity contribution >= 4 is 5.91 Å². The van der Waals surface area contributed by atoms with Gasteiger partial charge in [-0.25, -0.2) is 0 Å². The van der Waals surface area contributed by atoms with E-state index in [0.29, 0.717) is 6.42 Å². The average Bonchev–Trinajstić information content (AvgIpc) is 2.68. The molecule has 90 valence electrons. The van der Waals surface area contributed by atoms with Gasteiger partial charge in [-0.3, -0.25) is 4.79 Å². The Balaban J connectivity index is 1.84. The van der Waals surface area contributed by atoms with Crippen molar-refractivity contribution in [2.45, 2.75) is 50.3 Å². The fraction of sp³-hybridized carbons (Fsp3) is 0.750. The molecule has 0 aromatic carbocycles. The number of carbonyl (C=O) groups excluding carboxylic acids is 1. The molecule has 0 heterocycles. The lowest BCUT2D eigenvalue weighted by Gasteiger charge is -2.29. The maximum absolute atomic E-state index is 11.9. The van der Waals surface area contributed by atoms with Gasteiger partial charge < -0.3 is 16.2 Å². The predicted molar refractivity (Wildman–Crippen MR) is 61.6 cm³/mol. The lowest BCUT2D eigenvalue weighted by atomic mass is 9.92. The van der Waals surface area contributed by atoms with Crippen molar-refractivity contribution in [2.75, 3.05) is 0 Å². The molecule has 2 aliphatic carbocycles. The van der Waals surface area contributed by atoms with Crippen LogP contribution in [-0.4, -0.2) is 29.2 Å². The molecule has 2 aliphatic rings. The molecule has 0 bridgehead atoms. The van der Waals surface area contributed by atoms with E-state index in [9.17, 15) is 9.90 Å². The molecule has 0 aliphatic heterocycles. The van der Waals surface area contributed by atoms with Crippen molar-refractivity contribution in [3.05, 3.63) is 12.2 Å². The number of hydrogen-bond donors (Lipinski definition) is 3. The summed E-state index contributed by atoms with van der Waals surface area (Å²) >= 11 is 0. The van der Waals surface area contributed by atoms with Crippen molar-refractivity contribution in [1.82, 2.24) is 5.32 Å². The largest absolute Gasteiger partial charge is 0.391 e. The molecule has 0 spiro atoms. The summed E-state index contributed by atoms with van der Waals surface area (Å²) in [5.41, 5.74) is 5.71. The molecule has 4 N–H and O–H groups in total. The molecule has 1 saturated carbocycles. The maximum atomic E-state index is 11.9. The molecule has 1 amide bonds. The summed E-state index contributed by atoms with van der Waals surface area (Å²) in [7, 11) is 0. The van der Waals surface area contributed by atoms with Crippen molar-refractivity contribution in [2.24, 2.45) is 11.7 Å². The third-order valence-electron chi connectivity index (χ3n) is 3.51. The van der Waals surface area contributed by atoms with Crippen LogP contribution in [0, 0.1) is 5.92 Å². The molecule has 1 fully saturated rings. The Morgan fingerprint density at radius 2 is 2.06 bits per heavy atom. The quantitative estimate of drug-likeness (QED) is 0.591. The maximum Gasteiger partial charge on any atom is 0.227 e. The second-order valence-electron chi connectivity index (χ2n) is 4.86. The molecule has 0 saturated heterocycles. The lowest BCUT2D eigenvalue weighted by Crippen LogP contribution is -2.47. The first-order chi connectivity index (χ1) is 7.66. The highest BCUT2D eigenvalue weighted by atomic mass is 16.3. The van der Waals surface area contributed by atoms with Crippen LogP contribution in [0.5, 0.6) is 0 Å². The van der Waals surface area contributed by atoms with Crippen LogP contribution in [0.1, 0.15) is 32.1 Å². The van der Waals surface area contributed by atoms with Crippen LogP contribution < -0.4 is 11.1 Å². The minimum atomic E-state index is -0.378. The van der Waals surface area contributed by atoms with Gasteiger partial charge in [0.2, 0.25) is 5.91 Å². The predicted octanol–water partition coefficient (Wildman–Crippen LogP) is 0.309. The van der Waals surface area contributed by atoms with Gasteiger partial charge in [0.25, 0.3) is 0 Å². The molecule has 2 unspecified atom stereocenters. The van der Waals surface area contributed by atoms with E-state index < -0.39 is 0 Å². The van der Waals surface area contributed by atoms with Gasteiger partial charge >= 0.3 is 0 Å². The lowest BCUT2D eigenvalue weighted by molar-refractivity contribution is -0.125. The minimum absolute atomic E-state index is 0.00651. The van der Waals surface area contributed by atoms with Gasteiger partial charge in [0.05, 0.1) is 18.1 Å². The molecular formula is C12H20N2O2. The number of aliphatic hydroxyl groups excluding tert-OH is 1. The first-order valence-electron chi connectivity index (χ1n) is 6.09. The first kappa shape index (κ1) is 11.6. The monoisotopic (exact) mass is 224 g/mol. The Labute approximate surface area is 95.9 Å². The topological polar surface area (TPSA) is 75.4 Å². The molecule has 4 atom stereocenters. The number of nitrogens with one attached hydrogen (secondary N) is 1. The van der Waals surface area contributed by atoms with Gasteiger partial charge in [-0.15, -0.1) is 0 Å². The second kappa shape index (κ2) is 4.97. The van der Waals surface area contributed by atoms with E-state index in [4.69, 9.17) is 5.73 Å². The summed E-state index contributed by atoms with van der Waals surface area (Å²) in [6.45, 7) is 0. The van der Waals surface area contributed by atoms with Crippen LogP contribution >= 0.6 is 0 Å². The van der Waals surface area contributed by atoms with E-state index in [1.54, 1.807) is 0 Å². The molecule has 0 radical (unpaired) electrons. The van der Waals surface area contributed by atoms with Gasteiger partial charge in [0.1, 0.15) is 0 Å². The van der Waals surface area contributed by atoms with Crippen LogP contribution in [0.15, 0.2) is 12.2 Å². The zero-order valence-electron chi connectivity index (χ0n) is 9.43. The molecule has 4 nitrogen and oxygen atoms in total. The fourth-order valence-corrected chi connectivity index (χ4v) is 2.49. The van der Waals surface area contributed by atoms with Gasteiger partial charge in [-0.05, 0) is 19.3 Å². The number of nitrogens with two attached hydrogens (primary N) is 1. The second-order valence-corrected chi connectivity index (χ2v) is 4.86. The Hall–Kier alpha value is -0.870. The number of rotatable bonds is 2. The van der Waals surface area contributed by atoms with Crippen LogP contribution in [0.3, 0.4) is 0 Å². The summed E-state index contributed by atoms with van der Waals surface area (Å²) in [5, 5.41) is 12.7. The fourth-order valence-electron chi connectivity index (χ4n) is 2.49. The summed E-state index contributed by atoms with van der Waals surface area (Å²) in [5.74, 6) is -0.0979. The summed E-state index contributed by atoms with van der Waals surface area (Å²) in [6.07, 6.45) is 7.88. The molecule has 16 heavy (non-hydrogen) atoms. The van der Waals surface area contributed by atoms with E-state index >= 15 is 0 Å². The molecule has 0 aromatic rings. The van der Waals surface area contributed by atoms with Gasteiger partial charge in [0, 0.05) is 6.04 Å². The Kier molecular flexibility index (Phi) is 3.61. The first-order valence-corrected chi connectivity index (χ1v) is 6.09. The highest BCUT2D eigenvalue weighted by molar-refractivity contribution is 5.81. The summed E-state index contributed by atoms with van der Waals surface area (Å²) < 4.78 is 0. The third-order valence-corrected chi connectivity index (χ3v) is 3.51. The zero-order valence-corrected chi connectivity index (χ0v) is 9.43. The highest BCUT2D eigenvalue weighted by Crippen LogP contribution is 2.21. The molecule has 4 heteroatoms. The van der Waals surface area contributed by atoms with Crippen LogP contribution in [0.4, 0.5) is 0 Å². The van der Waals surface area contributed by atoms with E-state index in [1.165, 1.54) is 0 Å². The van der Waals surface area contributed by atoms with Crippen LogP contribution in [0.25, 0.3) is 0 Å². The van der Waals surface area contributed by atoms with Crippen molar-refractivity contribution in [3.8, 4) is 0 Å². The summed E-state index contributed by atoms with van der Waals surface area (Å²) in [6, 6.07) is -0.0569. The van der Waals surface area contributed by atoms with Crippen molar-refractivity contribution < 1.29 is 9.90 Å². The summed E-state index contributed by atoms with van der Waals surface area (Å²) in [4.78, 5) is 11.9. The number of amides is 1. The standard InChI is InChI=1S/C12H20N2O2/c13-9-6-5-8(7-9)12(16)14-10-3-1-2-4-11(10)15/h5-6,8-11,15H,1-4,7,13H2,(H,14,16)/t8?,9?,10-,11-/m1/s1. The number of aliphatic hydroxyl groups is 1. The van der Waals surface area contributed by atoms with Gasteiger partial charge in [0.15, 0.2) is 0 Å². The minimum Gasteiger partial charge on any atom is -0.391 e. The van der Waals surface area contributed by atoms with Crippen molar-refractivity contribution in [3.63, 3.8) is 0 Å². The zero-order chi connectivity index (χ0) is 11.5. The van der Waals surface area contributed by atoms with E-state index in [1.807, 2.05) is 12.2 Å².